The fraction of sp³-hybridized carbons (Fsp3) is 0.429. The molecule has 2 rings (SSSR count). The first-order valence-corrected chi connectivity index (χ1v) is 6.37. The van der Waals surface area contributed by atoms with Crippen molar-refractivity contribution in [3.8, 4) is 11.5 Å². The second-order valence-corrected chi connectivity index (χ2v) is 4.86. The second-order valence-electron chi connectivity index (χ2n) is 4.86. The molecule has 0 aromatic heterocycles. The molecule has 6 heteroatoms. The summed E-state index contributed by atoms with van der Waals surface area (Å²) in [6.07, 6.45) is 1.08. The number of carboxylic acid groups (broad SMARTS) is 1. The van der Waals surface area contributed by atoms with Crippen LogP contribution in [0.1, 0.15) is 28.8 Å². The molecule has 0 radical (unpaired) electrons. The Morgan fingerprint density at radius 3 is 2.70 bits per heavy atom. The van der Waals surface area contributed by atoms with Gasteiger partial charge in [0.05, 0.1) is 12.7 Å². The van der Waals surface area contributed by atoms with Crippen LogP contribution in [0.5, 0.6) is 11.5 Å². The van der Waals surface area contributed by atoms with Crippen molar-refractivity contribution in [1.82, 2.24) is 4.90 Å². The molecule has 0 saturated carbocycles. The van der Waals surface area contributed by atoms with Gasteiger partial charge in [0.2, 0.25) is 0 Å². The highest BCUT2D eigenvalue weighted by atomic mass is 16.5. The number of nitrogens with zero attached hydrogens (tertiary/aromatic N) is 1. The van der Waals surface area contributed by atoms with E-state index in [4.69, 9.17) is 9.84 Å². The number of carbonyl (C=O) groups excluding carboxylic acids is 1. The molecule has 1 saturated heterocycles. The third kappa shape index (κ3) is 2.41. The minimum Gasteiger partial charge on any atom is -0.504 e. The van der Waals surface area contributed by atoms with Gasteiger partial charge in [-0.3, -0.25) is 4.79 Å². The monoisotopic (exact) mass is 279 g/mol. The molecule has 1 atom stereocenters. The number of phenolic OH excluding ortho intramolecular Hbond substituents is 1. The number of rotatable bonds is 3. The van der Waals surface area contributed by atoms with Crippen molar-refractivity contribution in [2.75, 3.05) is 13.7 Å². The Kier molecular flexibility index (Phi) is 3.83. The van der Waals surface area contributed by atoms with E-state index in [-0.39, 0.29) is 17.1 Å². The molecule has 108 valence electrons. The van der Waals surface area contributed by atoms with E-state index in [0.29, 0.717) is 19.4 Å². The lowest BCUT2D eigenvalue weighted by molar-refractivity contribution is -0.141. The standard InChI is InChI=1S/C14H17NO5/c1-8-6-9(12(16)11(7-8)20-2)13(17)15-5-3-4-10(15)14(18)19/h6-7,10,16H,3-5H2,1-2H3,(H,18,19)/t10-/m0/s1. The number of carboxylic acids is 1. The molecule has 1 aromatic rings. The Morgan fingerprint density at radius 2 is 2.10 bits per heavy atom. The maximum atomic E-state index is 12.5. The summed E-state index contributed by atoms with van der Waals surface area (Å²) in [6.45, 7) is 2.16. The Morgan fingerprint density at radius 1 is 1.40 bits per heavy atom. The number of aromatic hydroxyl groups is 1. The van der Waals surface area contributed by atoms with Crippen LogP contribution in [0.3, 0.4) is 0 Å². The molecule has 0 unspecified atom stereocenters. The van der Waals surface area contributed by atoms with Crippen molar-refractivity contribution in [2.24, 2.45) is 0 Å². The molecular weight excluding hydrogens is 262 g/mol. The van der Waals surface area contributed by atoms with E-state index in [0.717, 1.165) is 5.56 Å². The van der Waals surface area contributed by atoms with Gasteiger partial charge < -0.3 is 19.8 Å². The molecule has 20 heavy (non-hydrogen) atoms. The van der Waals surface area contributed by atoms with E-state index in [1.54, 1.807) is 13.0 Å². The van der Waals surface area contributed by atoms with Gasteiger partial charge in [0, 0.05) is 6.54 Å². The van der Waals surface area contributed by atoms with Crippen LogP contribution in [0.15, 0.2) is 12.1 Å². The molecule has 0 bridgehead atoms. The maximum absolute atomic E-state index is 12.5. The lowest BCUT2D eigenvalue weighted by atomic mass is 10.1. The number of likely N-dealkylation sites (tertiary alicyclic amines) is 1. The van der Waals surface area contributed by atoms with Crippen molar-refractivity contribution in [3.63, 3.8) is 0 Å². The third-order valence-corrected chi connectivity index (χ3v) is 3.47. The van der Waals surface area contributed by atoms with Crippen LogP contribution in [-0.2, 0) is 4.79 Å². The van der Waals surface area contributed by atoms with Crippen molar-refractivity contribution in [2.45, 2.75) is 25.8 Å². The van der Waals surface area contributed by atoms with Gasteiger partial charge in [-0.05, 0) is 37.5 Å². The number of hydrogen-bond acceptors (Lipinski definition) is 4. The zero-order chi connectivity index (χ0) is 14.9. The Labute approximate surface area is 116 Å². The van der Waals surface area contributed by atoms with Gasteiger partial charge in [0.15, 0.2) is 11.5 Å². The fourth-order valence-electron chi connectivity index (χ4n) is 2.49. The summed E-state index contributed by atoms with van der Waals surface area (Å²) in [7, 11) is 1.40. The number of benzene rings is 1. The summed E-state index contributed by atoms with van der Waals surface area (Å²) in [6, 6.07) is 2.33. The minimum absolute atomic E-state index is 0.0787. The van der Waals surface area contributed by atoms with E-state index < -0.39 is 17.9 Å². The number of ether oxygens (including phenoxy) is 1. The van der Waals surface area contributed by atoms with E-state index in [1.165, 1.54) is 18.1 Å². The molecular formula is C14H17NO5. The topological polar surface area (TPSA) is 87.1 Å². The van der Waals surface area contributed by atoms with Crippen molar-refractivity contribution in [3.05, 3.63) is 23.3 Å². The van der Waals surface area contributed by atoms with Crippen LogP contribution in [0.25, 0.3) is 0 Å². The Hall–Kier alpha value is -2.24. The Balaban J connectivity index is 2.38. The van der Waals surface area contributed by atoms with E-state index in [9.17, 15) is 14.7 Å². The predicted octanol–water partition coefficient (Wildman–Crippen LogP) is 1.40. The largest absolute Gasteiger partial charge is 0.504 e. The van der Waals surface area contributed by atoms with Gasteiger partial charge in [-0.2, -0.15) is 0 Å². The lowest BCUT2D eigenvalue weighted by Gasteiger charge is -2.22. The van der Waals surface area contributed by atoms with E-state index in [1.807, 2.05) is 0 Å². The quantitative estimate of drug-likeness (QED) is 0.873. The average Bonchev–Trinajstić information content (AvgIpc) is 2.89. The van der Waals surface area contributed by atoms with Crippen LogP contribution in [0.4, 0.5) is 0 Å². The molecule has 1 aromatic carbocycles. The fourth-order valence-corrected chi connectivity index (χ4v) is 2.49. The van der Waals surface area contributed by atoms with Gasteiger partial charge in [-0.15, -0.1) is 0 Å². The summed E-state index contributed by atoms with van der Waals surface area (Å²) < 4.78 is 5.02. The summed E-state index contributed by atoms with van der Waals surface area (Å²) in [5.74, 6) is -1.54. The molecule has 1 aliphatic heterocycles. The van der Waals surface area contributed by atoms with Crippen molar-refractivity contribution >= 4 is 11.9 Å². The van der Waals surface area contributed by atoms with Crippen LogP contribution in [0, 0.1) is 6.92 Å². The first kappa shape index (κ1) is 14.2. The molecule has 1 heterocycles. The highest BCUT2D eigenvalue weighted by molar-refractivity contribution is 6.00. The zero-order valence-corrected chi connectivity index (χ0v) is 11.4. The van der Waals surface area contributed by atoms with Gasteiger partial charge >= 0.3 is 5.97 Å². The third-order valence-electron chi connectivity index (χ3n) is 3.47. The van der Waals surface area contributed by atoms with Gasteiger partial charge in [0.1, 0.15) is 6.04 Å². The lowest BCUT2D eigenvalue weighted by Crippen LogP contribution is -2.40. The number of aliphatic carboxylic acids is 1. The number of aryl methyl sites for hydroxylation is 1. The van der Waals surface area contributed by atoms with Crippen LogP contribution < -0.4 is 4.74 Å². The van der Waals surface area contributed by atoms with Gasteiger partial charge in [-0.1, -0.05) is 0 Å². The molecule has 6 nitrogen and oxygen atoms in total. The molecule has 1 aliphatic rings. The first-order chi connectivity index (χ1) is 9.45. The van der Waals surface area contributed by atoms with Crippen molar-refractivity contribution in [1.29, 1.82) is 0 Å². The first-order valence-electron chi connectivity index (χ1n) is 6.37. The zero-order valence-electron chi connectivity index (χ0n) is 11.4. The Bertz CT molecular complexity index is 555. The van der Waals surface area contributed by atoms with Gasteiger partial charge in [0.25, 0.3) is 5.91 Å². The highest BCUT2D eigenvalue weighted by Crippen LogP contribution is 2.33. The normalized spacial score (nSPS) is 18.1. The maximum Gasteiger partial charge on any atom is 0.326 e. The average molecular weight is 279 g/mol. The molecule has 0 spiro atoms. The SMILES string of the molecule is COc1cc(C)cc(C(=O)N2CCC[C@H]2C(=O)O)c1O. The summed E-state index contributed by atoms with van der Waals surface area (Å²) >= 11 is 0. The van der Waals surface area contributed by atoms with Gasteiger partial charge in [-0.25, -0.2) is 4.79 Å². The minimum atomic E-state index is -1.02. The van der Waals surface area contributed by atoms with Crippen LogP contribution in [0.2, 0.25) is 0 Å². The highest BCUT2D eigenvalue weighted by Gasteiger charge is 2.35. The van der Waals surface area contributed by atoms with Crippen LogP contribution in [-0.4, -0.2) is 46.7 Å². The summed E-state index contributed by atoms with van der Waals surface area (Å²) in [5, 5.41) is 19.2. The number of hydrogen-bond donors (Lipinski definition) is 2. The summed E-state index contributed by atoms with van der Waals surface area (Å²) in [4.78, 5) is 24.9. The van der Waals surface area contributed by atoms with Crippen LogP contribution >= 0.6 is 0 Å². The summed E-state index contributed by atoms with van der Waals surface area (Å²) in [5.41, 5.74) is 0.837. The number of carbonyl (C=O) groups is 2. The molecule has 1 fully saturated rings. The molecule has 2 N–H and O–H groups in total. The van der Waals surface area contributed by atoms with Crippen molar-refractivity contribution < 1.29 is 24.5 Å². The van der Waals surface area contributed by atoms with E-state index in [2.05, 4.69) is 0 Å². The molecule has 1 amide bonds. The number of amides is 1. The number of phenols is 1. The molecule has 0 aliphatic carbocycles. The predicted molar refractivity (Wildman–Crippen MR) is 71.1 cm³/mol. The number of methoxy groups -OCH3 is 1. The smallest absolute Gasteiger partial charge is 0.326 e. The second kappa shape index (κ2) is 5.40. The van der Waals surface area contributed by atoms with E-state index >= 15 is 0 Å².